The van der Waals surface area contributed by atoms with Crippen LogP contribution in [0.3, 0.4) is 0 Å². The van der Waals surface area contributed by atoms with Crippen molar-refractivity contribution in [2.24, 2.45) is 0 Å². The van der Waals surface area contributed by atoms with E-state index in [4.69, 9.17) is 0 Å². The summed E-state index contributed by atoms with van der Waals surface area (Å²) >= 11 is 0. The first-order chi connectivity index (χ1) is 61.6. The van der Waals surface area contributed by atoms with Crippen LogP contribution in [0.4, 0.5) is 68.2 Å². The van der Waals surface area contributed by atoms with E-state index in [2.05, 4.69) is 505 Å². The van der Waals surface area contributed by atoms with Crippen molar-refractivity contribution in [3.05, 3.63) is 485 Å². The minimum atomic E-state index is 1.11. The highest BCUT2D eigenvalue weighted by Gasteiger charge is 2.31. The third-order valence-electron chi connectivity index (χ3n) is 25.1. The van der Waals surface area contributed by atoms with E-state index in [1.165, 1.54) is 174 Å². The van der Waals surface area contributed by atoms with Gasteiger partial charge in [0.05, 0.1) is 34.1 Å². The molecule has 0 heterocycles. The number of hydrogen-bond acceptors (Lipinski definition) is 4. The standard InChI is InChI=1S/2C60H40N2/c1-3-25-43(26-4-1)61(55-39-19-23-41-21-7-9-29-45(41)55)59-51-35-15-11-31-47(51)57(48-32-12-16-36-52(48)59)58-49-33-13-17-37-53(49)60(54-38-18-14-34-50(54)58)62(44-27-5-2-6-28-44)56-40-20-24-42-22-8-10-30-46(42)56;1-3-23-45(24-4-1)61(47-37-35-41-19-7-9-21-43(41)39-47)59-53-31-15-11-27-49(53)57(50-28-12-16-32-54(50)59)58-51-29-13-17-33-55(51)60(56-34-18-14-30-52(56)58)62(46-25-5-2-6-26-46)48-38-36-42-20-8-10-22-44(42)40-48/h2*1-40H. The molecule has 0 spiro atoms. The van der Waals surface area contributed by atoms with E-state index in [-0.39, 0.29) is 0 Å². The predicted molar refractivity (Wildman–Crippen MR) is 533 cm³/mol. The van der Waals surface area contributed by atoms with Crippen LogP contribution in [0.5, 0.6) is 0 Å². The molecule has 0 atom stereocenters. The summed E-state index contributed by atoms with van der Waals surface area (Å²) in [5.74, 6) is 0. The zero-order chi connectivity index (χ0) is 82.0. The predicted octanol–water partition coefficient (Wildman–Crippen LogP) is 34.4. The fourth-order valence-electron chi connectivity index (χ4n) is 19.8. The average molecular weight is 1580 g/mol. The fourth-order valence-corrected chi connectivity index (χ4v) is 19.8. The molecule has 0 bridgehead atoms. The Balaban J connectivity index is 0.000000143. The van der Waals surface area contributed by atoms with Crippen molar-refractivity contribution in [2.45, 2.75) is 0 Å². The molecule has 4 nitrogen and oxygen atoms in total. The molecule has 0 N–H and O–H groups in total. The largest absolute Gasteiger partial charge is 0.309 e. The summed E-state index contributed by atoms with van der Waals surface area (Å²) in [6, 6.07) is 177. The van der Waals surface area contributed by atoms with E-state index in [0.29, 0.717) is 0 Å². The summed E-state index contributed by atoms with van der Waals surface area (Å²) in [6.45, 7) is 0. The molecule has 24 aromatic carbocycles. The molecule has 0 aliphatic carbocycles. The van der Waals surface area contributed by atoms with Crippen LogP contribution in [0, 0.1) is 0 Å². The maximum atomic E-state index is 2.48. The van der Waals surface area contributed by atoms with Crippen LogP contribution < -0.4 is 19.6 Å². The topological polar surface area (TPSA) is 13.0 Å². The lowest BCUT2D eigenvalue weighted by Crippen LogP contribution is -2.12. The normalized spacial score (nSPS) is 11.5. The van der Waals surface area contributed by atoms with Crippen LogP contribution in [0.15, 0.2) is 485 Å². The lowest BCUT2D eigenvalue weighted by Gasteiger charge is -2.32. The Bertz CT molecular complexity index is 7550. The van der Waals surface area contributed by atoms with E-state index in [9.17, 15) is 0 Å². The highest BCUT2D eigenvalue weighted by atomic mass is 15.2. The second-order valence-electron chi connectivity index (χ2n) is 32.0. The second kappa shape index (κ2) is 31.1. The molecular weight excluding hydrogens is 1500 g/mol. The molecule has 4 heteroatoms. The van der Waals surface area contributed by atoms with Crippen molar-refractivity contribution in [2.75, 3.05) is 19.6 Å². The van der Waals surface area contributed by atoms with Crippen LogP contribution in [0.1, 0.15) is 0 Å². The Morgan fingerprint density at radius 1 is 0.105 bits per heavy atom. The van der Waals surface area contributed by atoms with Gasteiger partial charge in [-0.1, -0.05) is 400 Å². The highest BCUT2D eigenvalue weighted by Crippen LogP contribution is 2.58. The SMILES string of the molecule is c1ccc(N(c2ccc3ccccc3c2)c2c3ccccc3c(-c3c4ccccc4c(N(c4ccccc4)c4ccc5ccccc5c4)c4ccccc34)c3ccccc23)cc1.c1ccc(N(c2cccc3ccccc23)c2c3ccccc3c(-c3c4ccccc4c(N(c4ccccc4)c4cccc5ccccc45)c4ccccc34)c3ccccc23)cc1. The number of hydrogen-bond donors (Lipinski definition) is 0. The number of nitrogens with zero attached hydrogens (tertiary/aromatic N) is 4. The first-order valence-electron chi connectivity index (χ1n) is 42.7. The summed E-state index contributed by atoms with van der Waals surface area (Å²) < 4.78 is 0. The van der Waals surface area contributed by atoms with Gasteiger partial charge in [-0.2, -0.15) is 0 Å². The van der Waals surface area contributed by atoms with Gasteiger partial charge in [-0.15, -0.1) is 0 Å². The molecule has 24 aromatic rings. The lowest BCUT2D eigenvalue weighted by molar-refractivity contribution is 1.31. The van der Waals surface area contributed by atoms with Crippen LogP contribution in [-0.2, 0) is 0 Å². The minimum absolute atomic E-state index is 1.11. The van der Waals surface area contributed by atoms with Gasteiger partial charge >= 0.3 is 0 Å². The van der Waals surface area contributed by atoms with E-state index in [0.717, 1.165) is 45.5 Å². The Hall–Kier alpha value is -16.4. The highest BCUT2D eigenvalue weighted by molar-refractivity contribution is 6.34. The van der Waals surface area contributed by atoms with Gasteiger partial charge < -0.3 is 19.6 Å². The average Bonchev–Trinajstić information content (AvgIpc) is 0.708. The number of fused-ring (bicyclic) bond motifs is 12. The van der Waals surface area contributed by atoms with E-state index in [1.807, 2.05) is 0 Å². The van der Waals surface area contributed by atoms with Crippen molar-refractivity contribution in [1.29, 1.82) is 0 Å². The second-order valence-corrected chi connectivity index (χ2v) is 32.0. The first-order valence-corrected chi connectivity index (χ1v) is 42.7. The van der Waals surface area contributed by atoms with Gasteiger partial charge in [0, 0.05) is 88.0 Å². The molecule has 124 heavy (non-hydrogen) atoms. The van der Waals surface area contributed by atoms with Gasteiger partial charge in [-0.25, -0.2) is 0 Å². The summed E-state index contributed by atoms with van der Waals surface area (Å²) in [7, 11) is 0. The molecule has 0 unspecified atom stereocenters. The summed E-state index contributed by atoms with van der Waals surface area (Å²) in [5.41, 5.74) is 18.6. The molecule has 0 radical (unpaired) electrons. The van der Waals surface area contributed by atoms with Gasteiger partial charge in [0.25, 0.3) is 0 Å². The number of anilines is 12. The van der Waals surface area contributed by atoms with E-state index in [1.54, 1.807) is 0 Å². The summed E-state index contributed by atoms with van der Waals surface area (Å²) in [5, 5.41) is 28.9. The number of rotatable bonds is 14. The van der Waals surface area contributed by atoms with Crippen LogP contribution in [0.2, 0.25) is 0 Å². The molecule has 0 saturated carbocycles. The maximum absolute atomic E-state index is 2.48. The molecule has 0 amide bonds. The lowest BCUT2D eigenvalue weighted by atomic mass is 9.84. The van der Waals surface area contributed by atoms with Gasteiger partial charge in [0.15, 0.2) is 0 Å². The third kappa shape index (κ3) is 12.4. The quantitative estimate of drug-likeness (QED) is 0.101. The zero-order valence-corrected chi connectivity index (χ0v) is 68.0. The Morgan fingerprint density at radius 3 is 0.548 bits per heavy atom. The van der Waals surface area contributed by atoms with Crippen molar-refractivity contribution in [3.8, 4) is 22.3 Å². The Morgan fingerprint density at radius 2 is 0.290 bits per heavy atom. The van der Waals surface area contributed by atoms with E-state index >= 15 is 0 Å². The molecule has 0 fully saturated rings. The van der Waals surface area contributed by atoms with Gasteiger partial charge in [-0.3, -0.25) is 0 Å². The minimum Gasteiger partial charge on any atom is -0.309 e. The van der Waals surface area contributed by atoms with E-state index < -0.39 is 0 Å². The summed E-state index contributed by atoms with van der Waals surface area (Å²) in [6.07, 6.45) is 0. The molecule has 0 saturated heterocycles. The fraction of sp³-hybridized carbons (Fsp3) is 0. The number of para-hydroxylation sites is 4. The Kier molecular flexibility index (Phi) is 18.2. The smallest absolute Gasteiger partial charge is 0.0619 e. The molecule has 0 aromatic heterocycles. The molecular formula is C120H80N4. The molecule has 0 aliphatic rings. The van der Waals surface area contributed by atoms with Gasteiger partial charge in [-0.05, 0) is 183 Å². The molecule has 0 aliphatic heterocycles. The zero-order valence-electron chi connectivity index (χ0n) is 68.0. The van der Waals surface area contributed by atoms with Gasteiger partial charge in [0.2, 0.25) is 0 Å². The van der Waals surface area contributed by atoms with Crippen LogP contribution >= 0.6 is 0 Å². The van der Waals surface area contributed by atoms with Crippen molar-refractivity contribution < 1.29 is 0 Å². The van der Waals surface area contributed by atoms with Crippen molar-refractivity contribution in [3.63, 3.8) is 0 Å². The Labute approximate surface area is 719 Å². The first kappa shape index (κ1) is 72.8. The molecule has 580 valence electrons. The van der Waals surface area contributed by atoms with Crippen LogP contribution in [0.25, 0.3) is 152 Å². The van der Waals surface area contributed by atoms with Gasteiger partial charge in [0.1, 0.15) is 0 Å². The summed E-state index contributed by atoms with van der Waals surface area (Å²) in [4.78, 5) is 9.89. The molecule has 24 rings (SSSR count). The van der Waals surface area contributed by atoms with Crippen LogP contribution in [-0.4, -0.2) is 0 Å². The van der Waals surface area contributed by atoms with Crippen molar-refractivity contribution >= 4 is 198 Å². The number of benzene rings is 24. The maximum Gasteiger partial charge on any atom is 0.0619 e. The third-order valence-corrected chi connectivity index (χ3v) is 25.1. The monoisotopic (exact) mass is 1580 g/mol. The van der Waals surface area contributed by atoms with Crippen molar-refractivity contribution in [1.82, 2.24) is 0 Å².